The number of halogens is 1. The molecule has 0 aliphatic carbocycles. The number of phenolic OH excluding ortho intramolecular Hbond substituents is 1. The maximum absolute atomic E-state index is 13.4. The number of rotatable bonds is 6. The van der Waals surface area contributed by atoms with E-state index in [-0.39, 0.29) is 5.75 Å². The molecule has 0 atom stereocenters. The number of furan rings is 2. The molecule has 2 aromatic heterocycles. The summed E-state index contributed by atoms with van der Waals surface area (Å²) in [6, 6.07) is 11.5. The van der Waals surface area contributed by atoms with E-state index in [2.05, 4.69) is 0 Å². The predicted octanol–water partition coefficient (Wildman–Crippen LogP) is 3.92. The van der Waals surface area contributed by atoms with Crippen LogP contribution in [-0.2, 0) is 19.6 Å². The maximum Gasteiger partial charge on any atom is 0.127 e. The second-order valence-corrected chi connectivity index (χ2v) is 5.12. The van der Waals surface area contributed by atoms with Crippen molar-refractivity contribution in [2.45, 2.75) is 19.6 Å². The van der Waals surface area contributed by atoms with Crippen LogP contribution in [0.1, 0.15) is 17.1 Å². The van der Waals surface area contributed by atoms with Crippen molar-refractivity contribution in [2.75, 3.05) is 0 Å². The van der Waals surface area contributed by atoms with Crippen LogP contribution < -0.4 is 0 Å². The van der Waals surface area contributed by atoms with E-state index in [4.69, 9.17) is 8.83 Å². The topological polar surface area (TPSA) is 49.8 Å². The zero-order valence-electron chi connectivity index (χ0n) is 11.9. The van der Waals surface area contributed by atoms with Crippen LogP contribution in [0.2, 0.25) is 0 Å². The van der Waals surface area contributed by atoms with Gasteiger partial charge in [-0.1, -0.05) is 0 Å². The van der Waals surface area contributed by atoms with Crippen molar-refractivity contribution in [1.29, 1.82) is 0 Å². The molecule has 0 saturated carbocycles. The molecule has 0 unspecified atom stereocenters. The van der Waals surface area contributed by atoms with Crippen molar-refractivity contribution in [1.82, 2.24) is 4.90 Å². The van der Waals surface area contributed by atoms with Crippen LogP contribution in [0.25, 0.3) is 0 Å². The van der Waals surface area contributed by atoms with Gasteiger partial charge >= 0.3 is 0 Å². The summed E-state index contributed by atoms with van der Waals surface area (Å²) in [6.07, 6.45) is 3.24. The van der Waals surface area contributed by atoms with Gasteiger partial charge in [0.1, 0.15) is 23.1 Å². The highest BCUT2D eigenvalue weighted by Crippen LogP contribution is 2.19. The van der Waals surface area contributed by atoms with Crippen LogP contribution in [0.15, 0.2) is 63.8 Å². The molecule has 0 fully saturated rings. The summed E-state index contributed by atoms with van der Waals surface area (Å²) in [7, 11) is 0. The first-order valence-electron chi connectivity index (χ1n) is 6.94. The van der Waals surface area contributed by atoms with Gasteiger partial charge in [-0.15, -0.1) is 0 Å². The van der Waals surface area contributed by atoms with Gasteiger partial charge in [0.2, 0.25) is 0 Å². The van der Waals surface area contributed by atoms with Gasteiger partial charge in [0.05, 0.1) is 25.6 Å². The van der Waals surface area contributed by atoms with E-state index in [0.29, 0.717) is 25.2 Å². The SMILES string of the molecule is Oc1cc(F)cc(CN(Cc2ccco2)Cc2ccco2)c1. The second-order valence-electron chi connectivity index (χ2n) is 5.12. The largest absolute Gasteiger partial charge is 0.508 e. The molecule has 0 bridgehead atoms. The lowest BCUT2D eigenvalue weighted by molar-refractivity contribution is 0.209. The first kappa shape index (κ1) is 14.4. The normalized spacial score (nSPS) is 11.2. The monoisotopic (exact) mass is 301 g/mol. The summed E-state index contributed by atoms with van der Waals surface area (Å²) in [4.78, 5) is 2.05. The molecule has 1 N–H and O–H groups in total. The van der Waals surface area contributed by atoms with Gasteiger partial charge in [-0.05, 0) is 42.0 Å². The molecule has 0 amide bonds. The lowest BCUT2D eigenvalue weighted by atomic mass is 10.2. The summed E-state index contributed by atoms with van der Waals surface area (Å²) in [5.74, 6) is 1.09. The average Bonchev–Trinajstić information content (AvgIpc) is 3.11. The van der Waals surface area contributed by atoms with Crippen LogP contribution in [0.3, 0.4) is 0 Å². The van der Waals surface area contributed by atoms with Gasteiger partial charge in [-0.3, -0.25) is 4.90 Å². The van der Waals surface area contributed by atoms with Crippen LogP contribution >= 0.6 is 0 Å². The van der Waals surface area contributed by atoms with Crippen molar-refractivity contribution >= 4 is 0 Å². The summed E-state index contributed by atoms with van der Waals surface area (Å²) in [6.45, 7) is 1.59. The highest BCUT2D eigenvalue weighted by atomic mass is 19.1. The van der Waals surface area contributed by atoms with E-state index in [0.717, 1.165) is 17.6 Å². The van der Waals surface area contributed by atoms with Crippen molar-refractivity contribution in [3.8, 4) is 5.75 Å². The van der Waals surface area contributed by atoms with E-state index in [9.17, 15) is 9.50 Å². The Balaban J connectivity index is 1.77. The summed E-state index contributed by atoms with van der Waals surface area (Å²) in [5, 5.41) is 9.52. The summed E-state index contributed by atoms with van der Waals surface area (Å²) < 4.78 is 24.2. The minimum atomic E-state index is -0.453. The summed E-state index contributed by atoms with van der Waals surface area (Å²) >= 11 is 0. The molecular formula is C17H16FNO3. The van der Waals surface area contributed by atoms with Crippen LogP contribution in [0, 0.1) is 5.82 Å². The zero-order valence-corrected chi connectivity index (χ0v) is 11.9. The number of hydrogen-bond donors (Lipinski definition) is 1. The Bertz CT molecular complexity index is 651. The van der Waals surface area contributed by atoms with E-state index in [1.807, 2.05) is 29.2 Å². The number of hydrogen-bond acceptors (Lipinski definition) is 4. The molecule has 0 spiro atoms. The van der Waals surface area contributed by atoms with Gasteiger partial charge in [-0.25, -0.2) is 4.39 Å². The van der Waals surface area contributed by atoms with Crippen molar-refractivity contribution in [2.24, 2.45) is 0 Å². The fourth-order valence-corrected chi connectivity index (χ4v) is 2.40. The van der Waals surface area contributed by atoms with E-state index in [1.54, 1.807) is 18.6 Å². The number of nitrogens with zero attached hydrogens (tertiary/aromatic N) is 1. The highest BCUT2D eigenvalue weighted by Gasteiger charge is 2.12. The molecule has 0 radical (unpaired) electrons. The first-order valence-corrected chi connectivity index (χ1v) is 6.94. The van der Waals surface area contributed by atoms with Crippen LogP contribution in [0.4, 0.5) is 4.39 Å². The third-order valence-electron chi connectivity index (χ3n) is 3.27. The van der Waals surface area contributed by atoms with Crippen molar-refractivity contribution in [3.63, 3.8) is 0 Å². The second kappa shape index (κ2) is 6.49. The number of aromatic hydroxyl groups is 1. The third kappa shape index (κ3) is 3.77. The van der Waals surface area contributed by atoms with Gasteiger partial charge < -0.3 is 13.9 Å². The van der Waals surface area contributed by atoms with Gasteiger partial charge in [0, 0.05) is 12.6 Å². The van der Waals surface area contributed by atoms with E-state index >= 15 is 0 Å². The van der Waals surface area contributed by atoms with Crippen molar-refractivity contribution in [3.05, 3.63) is 77.9 Å². The zero-order chi connectivity index (χ0) is 15.4. The number of phenols is 1. The standard InChI is InChI=1S/C17H16FNO3/c18-14-7-13(8-15(20)9-14)10-19(11-16-3-1-5-21-16)12-17-4-2-6-22-17/h1-9,20H,10-12H2. The quantitative estimate of drug-likeness (QED) is 0.749. The maximum atomic E-state index is 13.4. The van der Waals surface area contributed by atoms with Gasteiger partial charge in [0.25, 0.3) is 0 Å². The minimum absolute atomic E-state index is 0.0778. The Morgan fingerprint density at radius 2 is 1.55 bits per heavy atom. The molecule has 4 nitrogen and oxygen atoms in total. The Labute approximate surface area is 127 Å². The van der Waals surface area contributed by atoms with Crippen molar-refractivity contribution < 1.29 is 18.3 Å². The fraction of sp³-hybridized carbons (Fsp3) is 0.176. The molecule has 22 heavy (non-hydrogen) atoms. The third-order valence-corrected chi connectivity index (χ3v) is 3.27. The minimum Gasteiger partial charge on any atom is -0.508 e. The average molecular weight is 301 g/mol. The Hall–Kier alpha value is -2.53. The van der Waals surface area contributed by atoms with Crippen LogP contribution in [-0.4, -0.2) is 10.0 Å². The van der Waals surface area contributed by atoms with E-state index in [1.165, 1.54) is 6.07 Å². The Morgan fingerprint density at radius 3 is 2.05 bits per heavy atom. The highest BCUT2D eigenvalue weighted by molar-refractivity contribution is 5.28. The molecule has 114 valence electrons. The molecule has 5 heteroatoms. The van der Waals surface area contributed by atoms with Crippen LogP contribution in [0.5, 0.6) is 5.75 Å². The van der Waals surface area contributed by atoms with Gasteiger partial charge in [-0.2, -0.15) is 0 Å². The Kier molecular flexibility index (Phi) is 4.25. The lowest BCUT2D eigenvalue weighted by Gasteiger charge is -2.20. The van der Waals surface area contributed by atoms with Gasteiger partial charge in [0.15, 0.2) is 0 Å². The molecule has 0 aliphatic heterocycles. The molecule has 1 aromatic carbocycles. The predicted molar refractivity (Wildman–Crippen MR) is 78.4 cm³/mol. The smallest absolute Gasteiger partial charge is 0.127 e. The molecule has 0 saturated heterocycles. The lowest BCUT2D eigenvalue weighted by Crippen LogP contribution is -2.22. The first-order chi connectivity index (χ1) is 10.7. The van der Waals surface area contributed by atoms with E-state index < -0.39 is 5.82 Å². The molecular weight excluding hydrogens is 285 g/mol. The summed E-state index contributed by atoms with van der Waals surface area (Å²) in [5.41, 5.74) is 0.690. The Morgan fingerprint density at radius 1 is 0.909 bits per heavy atom. The fourth-order valence-electron chi connectivity index (χ4n) is 2.40. The molecule has 0 aliphatic rings. The molecule has 2 heterocycles. The molecule has 3 aromatic rings. The molecule has 3 rings (SSSR count). The number of benzene rings is 1.